The monoisotopic (exact) mass is 444 g/mol. The van der Waals surface area contributed by atoms with Crippen LogP contribution in [0.5, 0.6) is 5.75 Å². The Labute approximate surface area is 190 Å². The Morgan fingerprint density at radius 3 is 2.50 bits per heavy atom. The molecule has 0 spiro atoms. The van der Waals surface area contributed by atoms with Crippen molar-refractivity contribution in [1.29, 1.82) is 0 Å². The molecule has 0 radical (unpaired) electrons. The Kier molecular flexibility index (Phi) is 9.40. The van der Waals surface area contributed by atoms with Gasteiger partial charge in [0.05, 0.1) is 38.7 Å². The highest BCUT2D eigenvalue weighted by Gasteiger charge is 2.25. The summed E-state index contributed by atoms with van der Waals surface area (Å²) in [6.07, 6.45) is 3.30. The molecular formula is C24H36N4O4. The van der Waals surface area contributed by atoms with Gasteiger partial charge in [-0.05, 0) is 43.2 Å². The second-order valence-corrected chi connectivity index (χ2v) is 8.33. The molecule has 1 saturated heterocycles. The maximum Gasteiger partial charge on any atom is 0.191 e. The van der Waals surface area contributed by atoms with Crippen LogP contribution in [0.15, 0.2) is 52.1 Å². The standard InChI is InChI=1S/C24H36N4O4/c1-24(29,19-28-13-16-31-17-14-28)18-27-23(26-12-10-22-4-3-15-32-22)25-11-9-20-5-7-21(30-2)8-6-20/h3-8,15,29H,9-14,16-19H2,1-2H3,(H2,25,26,27). The lowest BCUT2D eigenvalue weighted by Crippen LogP contribution is -2.48. The number of methoxy groups -OCH3 is 1. The summed E-state index contributed by atoms with van der Waals surface area (Å²) in [5, 5.41) is 17.6. The van der Waals surface area contributed by atoms with Gasteiger partial charge in [0.15, 0.2) is 5.96 Å². The third-order valence-electron chi connectivity index (χ3n) is 5.35. The van der Waals surface area contributed by atoms with Crippen LogP contribution in [0.25, 0.3) is 0 Å². The summed E-state index contributed by atoms with van der Waals surface area (Å²) in [6, 6.07) is 11.9. The van der Waals surface area contributed by atoms with Crippen molar-refractivity contribution in [1.82, 2.24) is 15.5 Å². The van der Waals surface area contributed by atoms with E-state index in [1.165, 1.54) is 5.56 Å². The van der Waals surface area contributed by atoms with E-state index in [4.69, 9.17) is 13.9 Å². The number of ether oxygens (including phenoxy) is 2. The Balaban J connectivity index is 1.52. The van der Waals surface area contributed by atoms with Crippen LogP contribution in [0.3, 0.4) is 0 Å². The topological polar surface area (TPSA) is 91.5 Å². The highest BCUT2D eigenvalue weighted by atomic mass is 16.5. The van der Waals surface area contributed by atoms with E-state index in [9.17, 15) is 5.11 Å². The summed E-state index contributed by atoms with van der Waals surface area (Å²) < 4.78 is 16.0. The Hall–Kier alpha value is -2.55. The molecule has 1 aromatic heterocycles. The molecular weight excluding hydrogens is 408 g/mol. The number of furan rings is 1. The van der Waals surface area contributed by atoms with Crippen LogP contribution < -0.4 is 15.4 Å². The van der Waals surface area contributed by atoms with Gasteiger partial charge in [-0.15, -0.1) is 0 Å². The van der Waals surface area contributed by atoms with Crippen LogP contribution in [0.1, 0.15) is 18.2 Å². The van der Waals surface area contributed by atoms with Gasteiger partial charge in [-0.25, -0.2) is 0 Å². The number of hydrogen-bond acceptors (Lipinski definition) is 6. The summed E-state index contributed by atoms with van der Waals surface area (Å²) in [5.74, 6) is 2.47. The molecule has 2 heterocycles. The number of aliphatic imine (C=N–C) groups is 1. The molecule has 8 heteroatoms. The zero-order valence-electron chi connectivity index (χ0n) is 19.2. The first-order chi connectivity index (χ1) is 15.5. The molecule has 3 rings (SSSR count). The van der Waals surface area contributed by atoms with E-state index in [0.717, 1.165) is 44.0 Å². The van der Waals surface area contributed by atoms with Crippen molar-refractivity contribution in [3.8, 4) is 5.75 Å². The lowest BCUT2D eigenvalue weighted by Gasteiger charge is -2.33. The van der Waals surface area contributed by atoms with Gasteiger partial charge in [-0.3, -0.25) is 9.89 Å². The number of hydrogen-bond donors (Lipinski definition) is 3. The van der Waals surface area contributed by atoms with Crippen molar-refractivity contribution in [3.63, 3.8) is 0 Å². The summed E-state index contributed by atoms with van der Waals surface area (Å²) >= 11 is 0. The highest BCUT2D eigenvalue weighted by molar-refractivity contribution is 5.79. The first-order valence-corrected chi connectivity index (χ1v) is 11.2. The van der Waals surface area contributed by atoms with Gasteiger partial charge >= 0.3 is 0 Å². The Bertz CT molecular complexity index is 800. The van der Waals surface area contributed by atoms with Gasteiger partial charge in [0.25, 0.3) is 0 Å². The first kappa shape index (κ1) is 24.1. The van der Waals surface area contributed by atoms with Crippen LogP contribution in [-0.4, -0.2) is 81.2 Å². The van der Waals surface area contributed by atoms with E-state index in [2.05, 4.69) is 32.7 Å². The van der Waals surface area contributed by atoms with E-state index < -0.39 is 5.60 Å². The summed E-state index contributed by atoms with van der Waals surface area (Å²) in [4.78, 5) is 6.90. The maximum absolute atomic E-state index is 10.9. The molecule has 0 saturated carbocycles. The average Bonchev–Trinajstić information content (AvgIpc) is 3.31. The minimum Gasteiger partial charge on any atom is -0.497 e. The van der Waals surface area contributed by atoms with Gasteiger partial charge < -0.3 is 29.6 Å². The van der Waals surface area contributed by atoms with Crippen LogP contribution >= 0.6 is 0 Å². The van der Waals surface area contributed by atoms with Gasteiger partial charge in [-0.2, -0.15) is 0 Å². The molecule has 0 aliphatic carbocycles. The van der Waals surface area contributed by atoms with Crippen molar-refractivity contribution in [2.75, 3.05) is 59.6 Å². The van der Waals surface area contributed by atoms with Crippen LogP contribution in [0, 0.1) is 0 Å². The molecule has 0 bridgehead atoms. The zero-order valence-corrected chi connectivity index (χ0v) is 19.2. The van der Waals surface area contributed by atoms with E-state index in [1.54, 1.807) is 13.4 Å². The Morgan fingerprint density at radius 1 is 1.12 bits per heavy atom. The average molecular weight is 445 g/mol. The van der Waals surface area contributed by atoms with Gasteiger partial charge in [0.2, 0.25) is 0 Å². The molecule has 0 amide bonds. The third kappa shape index (κ3) is 8.53. The molecule has 1 aliphatic rings. The van der Waals surface area contributed by atoms with Crippen molar-refractivity contribution >= 4 is 5.96 Å². The predicted molar refractivity (Wildman–Crippen MR) is 125 cm³/mol. The SMILES string of the molecule is COc1ccc(CCNC(=NCC(C)(O)CN2CCOCC2)NCCc2ccco2)cc1. The second kappa shape index (κ2) is 12.5. The fraction of sp³-hybridized carbons (Fsp3) is 0.542. The number of nitrogens with one attached hydrogen (secondary N) is 2. The molecule has 1 atom stereocenters. The van der Waals surface area contributed by atoms with Gasteiger partial charge in [0.1, 0.15) is 11.5 Å². The summed E-state index contributed by atoms with van der Waals surface area (Å²) in [5.41, 5.74) is 0.302. The molecule has 1 fully saturated rings. The normalized spacial score (nSPS) is 17.0. The number of β-amino-alcohol motifs (C(OH)–C–C–N with tert-alkyl or cyclic N) is 1. The number of nitrogens with zero attached hydrogens (tertiary/aromatic N) is 2. The number of benzene rings is 1. The van der Waals surface area contributed by atoms with Crippen LogP contribution in [0.2, 0.25) is 0 Å². The first-order valence-electron chi connectivity index (χ1n) is 11.2. The Morgan fingerprint density at radius 2 is 1.84 bits per heavy atom. The van der Waals surface area contributed by atoms with E-state index in [-0.39, 0.29) is 0 Å². The van der Waals surface area contributed by atoms with Gasteiger partial charge in [-0.1, -0.05) is 12.1 Å². The second-order valence-electron chi connectivity index (χ2n) is 8.33. The van der Waals surface area contributed by atoms with Crippen molar-refractivity contribution < 1.29 is 19.0 Å². The molecule has 176 valence electrons. The summed E-state index contributed by atoms with van der Waals surface area (Å²) in [7, 11) is 1.67. The van der Waals surface area contributed by atoms with Crippen molar-refractivity contribution in [3.05, 3.63) is 54.0 Å². The molecule has 1 aromatic carbocycles. The molecule has 32 heavy (non-hydrogen) atoms. The van der Waals surface area contributed by atoms with Crippen LogP contribution in [-0.2, 0) is 17.6 Å². The largest absolute Gasteiger partial charge is 0.497 e. The van der Waals surface area contributed by atoms with E-state index >= 15 is 0 Å². The minimum absolute atomic E-state index is 0.309. The van der Waals surface area contributed by atoms with Crippen molar-refractivity contribution in [2.24, 2.45) is 4.99 Å². The van der Waals surface area contributed by atoms with Crippen LogP contribution in [0.4, 0.5) is 0 Å². The molecule has 2 aromatic rings. The molecule has 3 N–H and O–H groups in total. The van der Waals surface area contributed by atoms with E-state index in [1.807, 2.05) is 31.2 Å². The van der Waals surface area contributed by atoms with Gasteiger partial charge in [0, 0.05) is 39.1 Å². The molecule has 1 aliphatic heterocycles. The smallest absolute Gasteiger partial charge is 0.191 e. The summed E-state index contributed by atoms with van der Waals surface area (Å²) in [6.45, 7) is 7.25. The fourth-order valence-electron chi connectivity index (χ4n) is 3.59. The number of aliphatic hydroxyl groups is 1. The number of guanidine groups is 1. The highest BCUT2D eigenvalue weighted by Crippen LogP contribution is 2.12. The number of morpholine rings is 1. The van der Waals surface area contributed by atoms with E-state index in [0.29, 0.717) is 38.8 Å². The minimum atomic E-state index is -0.914. The van der Waals surface area contributed by atoms with Crippen molar-refractivity contribution in [2.45, 2.75) is 25.4 Å². The number of rotatable bonds is 11. The third-order valence-corrected chi connectivity index (χ3v) is 5.35. The molecule has 8 nitrogen and oxygen atoms in total. The lowest BCUT2D eigenvalue weighted by molar-refractivity contribution is -0.0180. The molecule has 1 unspecified atom stereocenters. The lowest BCUT2D eigenvalue weighted by atomic mass is 10.1. The maximum atomic E-state index is 10.9. The quantitative estimate of drug-likeness (QED) is 0.359. The zero-order chi connectivity index (χ0) is 22.7. The fourth-order valence-corrected chi connectivity index (χ4v) is 3.59. The predicted octanol–water partition coefficient (Wildman–Crippen LogP) is 1.69.